The first-order chi connectivity index (χ1) is 20.0. The summed E-state index contributed by atoms with van der Waals surface area (Å²) >= 11 is 6.30. The van der Waals surface area contributed by atoms with Crippen molar-refractivity contribution >= 4 is 39.1 Å². The number of aryl methyl sites for hydroxylation is 2. The third kappa shape index (κ3) is 8.26. The second kappa shape index (κ2) is 15.1. The van der Waals surface area contributed by atoms with Gasteiger partial charge in [0.05, 0.1) is 17.7 Å². The van der Waals surface area contributed by atoms with E-state index in [2.05, 4.69) is 5.32 Å². The lowest BCUT2D eigenvalue weighted by Gasteiger charge is -2.33. The number of methoxy groups -OCH3 is 1. The molecule has 1 N–H and O–H groups in total. The van der Waals surface area contributed by atoms with Gasteiger partial charge in [0.25, 0.3) is 10.0 Å². The highest BCUT2D eigenvalue weighted by Crippen LogP contribution is 2.35. The third-order valence-electron chi connectivity index (χ3n) is 6.99. The maximum absolute atomic E-state index is 14.2. The Kier molecular flexibility index (Phi) is 11.8. The third-order valence-corrected chi connectivity index (χ3v) is 9.00. The van der Waals surface area contributed by atoms with E-state index in [0.717, 1.165) is 33.8 Å². The quantitative estimate of drug-likeness (QED) is 0.229. The number of nitrogens with zero attached hydrogens (tertiary/aromatic N) is 2. The molecule has 0 heterocycles. The van der Waals surface area contributed by atoms with Gasteiger partial charge >= 0.3 is 0 Å². The Labute approximate surface area is 254 Å². The highest BCUT2D eigenvalue weighted by molar-refractivity contribution is 7.92. The zero-order valence-electron chi connectivity index (χ0n) is 24.9. The molecular weight excluding hydrogens is 574 g/mol. The number of amides is 2. The SMILES string of the molecule is CCCCNC(=O)C(CC)N(Cc1ccc(C)cc1)C(=O)CN(c1cc(Cl)ccc1OC)S(=O)(=O)c1ccc(C)cc1. The predicted molar refractivity (Wildman–Crippen MR) is 167 cm³/mol. The summed E-state index contributed by atoms with van der Waals surface area (Å²) < 4.78 is 34.7. The number of nitrogens with one attached hydrogen (secondary N) is 1. The molecule has 3 aromatic rings. The summed E-state index contributed by atoms with van der Waals surface area (Å²) in [6, 6.07) is 17.9. The molecule has 0 aliphatic carbocycles. The Morgan fingerprint density at radius 1 is 0.952 bits per heavy atom. The van der Waals surface area contributed by atoms with E-state index in [1.54, 1.807) is 24.3 Å². The van der Waals surface area contributed by atoms with Crippen molar-refractivity contribution in [1.82, 2.24) is 10.2 Å². The van der Waals surface area contributed by atoms with E-state index in [4.69, 9.17) is 16.3 Å². The summed E-state index contributed by atoms with van der Waals surface area (Å²) in [5.74, 6) is -0.581. The molecule has 0 spiro atoms. The van der Waals surface area contributed by atoms with Crippen LogP contribution in [0.25, 0.3) is 0 Å². The van der Waals surface area contributed by atoms with Gasteiger partial charge in [0.15, 0.2) is 0 Å². The number of carbonyl (C=O) groups excluding carboxylic acids is 2. The topological polar surface area (TPSA) is 96.0 Å². The fourth-order valence-electron chi connectivity index (χ4n) is 4.52. The van der Waals surface area contributed by atoms with Gasteiger partial charge in [-0.3, -0.25) is 13.9 Å². The standard InChI is InChI=1S/C32H40ClN3O5S/c1-6-8-19-34-32(38)28(7-2)35(21-25-13-9-23(3)10-14-25)31(37)22-36(29-20-26(33)15-18-30(29)41-5)42(39,40)27-16-11-24(4)12-17-27/h9-18,20,28H,6-8,19,21-22H2,1-5H3,(H,34,38). The lowest BCUT2D eigenvalue weighted by molar-refractivity contribution is -0.140. The first-order valence-electron chi connectivity index (χ1n) is 14.1. The summed E-state index contributed by atoms with van der Waals surface area (Å²) in [6.45, 7) is 7.74. The van der Waals surface area contributed by atoms with Crippen molar-refractivity contribution in [3.8, 4) is 5.75 Å². The van der Waals surface area contributed by atoms with Crippen LogP contribution in [0.15, 0.2) is 71.6 Å². The van der Waals surface area contributed by atoms with Crippen molar-refractivity contribution in [2.75, 3.05) is 24.5 Å². The monoisotopic (exact) mass is 613 g/mol. The summed E-state index contributed by atoms with van der Waals surface area (Å²) in [5.41, 5.74) is 2.89. The van der Waals surface area contributed by atoms with Crippen LogP contribution < -0.4 is 14.4 Å². The van der Waals surface area contributed by atoms with Crippen molar-refractivity contribution in [3.05, 3.63) is 88.4 Å². The molecule has 10 heteroatoms. The highest BCUT2D eigenvalue weighted by Gasteiger charge is 2.34. The minimum absolute atomic E-state index is 0.0114. The van der Waals surface area contributed by atoms with Crippen LogP contribution in [0, 0.1) is 13.8 Å². The van der Waals surface area contributed by atoms with Crippen LogP contribution in [0.3, 0.4) is 0 Å². The maximum Gasteiger partial charge on any atom is 0.264 e. The normalized spacial score (nSPS) is 12.0. The second-order valence-electron chi connectivity index (χ2n) is 10.2. The smallest absolute Gasteiger partial charge is 0.264 e. The molecule has 1 atom stereocenters. The van der Waals surface area contributed by atoms with E-state index in [1.165, 1.54) is 30.2 Å². The van der Waals surface area contributed by atoms with Gasteiger partial charge in [0.2, 0.25) is 11.8 Å². The number of hydrogen-bond donors (Lipinski definition) is 1. The molecule has 3 aromatic carbocycles. The number of sulfonamides is 1. The molecule has 8 nitrogen and oxygen atoms in total. The molecule has 0 aromatic heterocycles. The van der Waals surface area contributed by atoms with Crippen LogP contribution in [0.4, 0.5) is 5.69 Å². The van der Waals surface area contributed by atoms with Gasteiger partial charge in [-0.1, -0.05) is 79.4 Å². The lowest BCUT2D eigenvalue weighted by atomic mass is 10.1. The fourth-order valence-corrected chi connectivity index (χ4v) is 6.11. The van der Waals surface area contributed by atoms with Crippen LogP contribution in [-0.2, 0) is 26.2 Å². The van der Waals surface area contributed by atoms with E-state index in [0.29, 0.717) is 13.0 Å². The van der Waals surface area contributed by atoms with Crippen LogP contribution in [0.5, 0.6) is 5.75 Å². The summed E-state index contributed by atoms with van der Waals surface area (Å²) in [6.07, 6.45) is 2.07. The minimum atomic E-state index is -4.25. The Hall–Kier alpha value is -3.56. The lowest BCUT2D eigenvalue weighted by Crippen LogP contribution is -2.52. The number of hydrogen-bond acceptors (Lipinski definition) is 5. The molecule has 1 unspecified atom stereocenters. The summed E-state index contributed by atoms with van der Waals surface area (Å²) in [4.78, 5) is 29.0. The van der Waals surface area contributed by atoms with E-state index in [1.807, 2.05) is 52.0 Å². The maximum atomic E-state index is 14.2. The van der Waals surface area contributed by atoms with Crippen LogP contribution >= 0.6 is 11.6 Å². The van der Waals surface area contributed by atoms with E-state index in [-0.39, 0.29) is 33.8 Å². The van der Waals surface area contributed by atoms with Crippen molar-refractivity contribution < 1.29 is 22.7 Å². The average molecular weight is 614 g/mol. The van der Waals surface area contributed by atoms with Crippen molar-refractivity contribution in [2.45, 2.75) is 64.4 Å². The van der Waals surface area contributed by atoms with Gasteiger partial charge in [-0.2, -0.15) is 0 Å². The molecule has 0 saturated carbocycles. The minimum Gasteiger partial charge on any atom is -0.495 e. The molecule has 42 heavy (non-hydrogen) atoms. The Balaban J connectivity index is 2.10. The van der Waals surface area contributed by atoms with E-state index in [9.17, 15) is 18.0 Å². The predicted octanol–water partition coefficient (Wildman–Crippen LogP) is 5.88. The number of benzene rings is 3. The first kappa shape index (κ1) is 32.9. The van der Waals surface area contributed by atoms with Crippen molar-refractivity contribution in [2.24, 2.45) is 0 Å². The van der Waals surface area contributed by atoms with Gasteiger partial charge in [0, 0.05) is 18.1 Å². The number of unbranched alkanes of at least 4 members (excludes halogenated alkanes) is 1. The Morgan fingerprint density at radius 2 is 1.57 bits per heavy atom. The van der Waals surface area contributed by atoms with Crippen LogP contribution in [0.1, 0.15) is 49.8 Å². The molecule has 0 radical (unpaired) electrons. The van der Waals surface area contributed by atoms with Crippen molar-refractivity contribution in [1.29, 1.82) is 0 Å². The highest BCUT2D eigenvalue weighted by atomic mass is 35.5. The second-order valence-corrected chi connectivity index (χ2v) is 12.5. The molecule has 0 saturated heterocycles. The molecular formula is C32H40ClN3O5S. The fraction of sp³-hybridized carbons (Fsp3) is 0.375. The van der Waals surface area contributed by atoms with Gasteiger partial charge in [-0.05, 0) is 62.6 Å². The van der Waals surface area contributed by atoms with E-state index >= 15 is 0 Å². The van der Waals surface area contributed by atoms with Crippen LogP contribution in [0.2, 0.25) is 5.02 Å². The van der Waals surface area contributed by atoms with Crippen LogP contribution in [-0.4, -0.2) is 51.4 Å². The number of rotatable bonds is 14. The number of ether oxygens (including phenoxy) is 1. The van der Waals surface area contributed by atoms with Gasteiger partial charge in [0.1, 0.15) is 18.3 Å². The Morgan fingerprint density at radius 3 is 2.14 bits per heavy atom. The molecule has 3 rings (SSSR count). The number of halogens is 1. The average Bonchev–Trinajstić information content (AvgIpc) is 2.97. The van der Waals surface area contributed by atoms with Gasteiger partial charge < -0.3 is 15.0 Å². The largest absolute Gasteiger partial charge is 0.495 e. The number of anilines is 1. The molecule has 0 fully saturated rings. The zero-order chi connectivity index (χ0) is 30.9. The molecule has 0 bridgehead atoms. The van der Waals surface area contributed by atoms with E-state index < -0.39 is 28.5 Å². The van der Waals surface area contributed by atoms with Gasteiger partial charge in [-0.25, -0.2) is 8.42 Å². The van der Waals surface area contributed by atoms with Gasteiger partial charge in [-0.15, -0.1) is 0 Å². The molecule has 226 valence electrons. The zero-order valence-corrected chi connectivity index (χ0v) is 26.5. The number of carbonyl (C=O) groups is 2. The molecule has 2 amide bonds. The first-order valence-corrected chi connectivity index (χ1v) is 15.9. The Bertz CT molecular complexity index is 1460. The van der Waals surface area contributed by atoms with Crippen molar-refractivity contribution in [3.63, 3.8) is 0 Å². The summed E-state index contributed by atoms with van der Waals surface area (Å²) in [5, 5.41) is 3.21. The molecule has 0 aliphatic heterocycles. The summed E-state index contributed by atoms with van der Waals surface area (Å²) in [7, 11) is -2.83. The molecule has 0 aliphatic rings.